The Bertz CT molecular complexity index is 1050. The van der Waals surface area contributed by atoms with Gasteiger partial charge >= 0.3 is 0 Å². The molecule has 27 heavy (non-hydrogen) atoms. The highest BCUT2D eigenvalue weighted by Crippen LogP contribution is 2.48. The number of rotatable bonds is 1. The summed E-state index contributed by atoms with van der Waals surface area (Å²) in [6.45, 7) is 4.69. The van der Waals surface area contributed by atoms with Crippen LogP contribution in [0.1, 0.15) is 37.3 Å². The normalized spacial score (nSPS) is 24.3. The molecule has 2 aliphatic rings. The Balaban J connectivity index is 1.63. The monoisotopic (exact) mass is 383 g/mol. The molecule has 1 spiro atoms. The molecule has 4 rings (SSSR count). The van der Waals surface area contributed by atoms with E-state index in [1.807, 2.05) is 19.9 Å². The number of allylic oxidation sites excluding steroid dienone is 1. The lowest BCUT2D eigenvalue weighted by Crippen LogP contribution is -2.40. The quantitative estimate of drug-likeness (QED) is 0.754. The van der Waals surface area contributed by atoms with E-state index < -0.39 is 5.41 Å². The maximum Gasteiger partial charge on any atom is 0.293 e. The first-order valence-electron chi connectivity index (χ1n) is 8.73. The first kappa shape index (κ1) is 17.7. The third-order valence-corrected chi connectivity index (χ3v) is 5.70. The van der Waals surface area contributed by atoms with Gasteiger partial charge in [0.05, 0.1) is 10.6 Å². The van der Waals surface area contributed by atoms with Crippen LogP contribution in [0, 0.1) is 22.2 Å². The molecule has 1 amide bonds. The molecule has 2 aromatic rings. The maximum absolute atomic E-state index is 12.9. The van der Waals surface area contributed by atoms with Gasteiger partial charge in [0.25, 0.3) is 5.91 Å². The third-order valence-electron chi connectivity index (χ3n) is 5.40. The fraction of sp³-hybridized carbons (Fsp3) is 0.421. The molecule has 138 valence electrons. The lowest BCUT2D eigenvalue weighted by atomic mass is 9.64. The second-order valence-corrected chi connectivity index (χ2v) is 8.37. The number of halogens is 1. The van der Waals surface area contributed by atoms with E-state index in [1.165, 1.54) is 4.52 Å². The average Bonchev–Trinajstić information content (AvgIpc) is 3.23. The summed E-state index contributed by atoms with van der Waals surface area (Å²) in [6.07, 6.45) is 4.77. The fourth-order valence-corrected chi connectivity index (χ4v) is 4.47. The summed E-state index contributed by atoms with van der Waals surface area (Å²) in [5, 5.41) is 14.0. The second kappa shape index (κ2) is 5.89. The summed E-state index contributed by atoms with van der Waals surface area (Å²) in [5.74, 6) is -0.305. The van der Waals surface area contributed by atoms with Crippen molar-refractivity contribution in [3.05, 3.63) is 40.8 Å². The number of ketones is 1. The molecule has 0 unspecified atom stereocenters. The molecule has 0 radical (unpaired) electrons. The van der Waals surface area contributed by atoms with Crippen LogP contribution in [0.3, 0.4) is 0 Å². The molecule has 0 aromatic carbocycles. The molecule has 2 aromatic heterocycles. The predicted octanol–water partition coefficient (Wildman–Crippen LogP) is 2.66. The van der Waals surface area contributed by atoms with Crippen LogP contribution < -0.4 is 0 Å². The Kier molecular flexibility index (Phi) is 3.86. The van der Waals surface area contributed by atoms with Crippen LogP contribution in [-0.4, -0.2) is 44.3 Å². The number of carbonyl (C=O) groups excluding carboxylic acids is 2. The van der Waals surface area contributed by atoms with Crippen LogP contribution in [0.4, 0.5) is 0 Å². The number of likely N-dealkylation sites (tertiary alicyclic amines) is 1. The number of hydrogen-bond donors (Lipinski definition) is 0. The maximum atomic E-state index is 12.9. The number of nitrogens with zero attached hydrogens (tertiary/aromatic N) is 5. The molecule has 1 aliphatic carbocycles. The molecule has 0 saturated carbocycles. The van der Waals surface area contributed by atoms with E-state index in [-0.39, 0.29) is 28.5 Å². The van der Waals surface area contributed by atoms with Crippen molar-refractivity contribution in [2.24, 2.45) is 10.8 Å². The Morgan fingerprint density at radius 1 is 1.41 bits per heavy atom. The van der Waals surface area contributed by atoms with Crippen molar-refractivity contribution in [1.82, 2.24) is 19.5 Å². The summed E-state index contributed by atoms with van der Waals surface area (Å²) in [5.41, 5.74) is -0.353. The minimum Gasteiger partial charge on any atom is -0.335 e. The van der Waals surface area contributed by atoms with Gasteiger partial charge in [0.2, 0.25) is 5.82 Å². The van der Waals surface area contributed by atoms with E-state index in [9.17, 15) is 14.9 Å². The number of carbonyl (C=O) groups is 2. The highest BCUT2D eigenvalue weighted by atomic mass is 35.5. The highest BCUT2D eigenvalue weighted by molar-refractivity contribution is 6.33. The molecule has 1 aliphatic heterocycles. The molecular weight excluding hydrogens is 366 g/mol. The summed E-state index contributed by atoms with van der Waals surface area (Å²) in [7, 11) is 0. The molecule has 1 atom stereocenters. The standard InChI is InChI=1S/C19H18ClN5O2/c1-18(2)10-19(8-12(9-21)14(18)26)5-7-24(11-19)17(27)15-22-16-13(20)4-3-6-25(16)23-15/h3-4,6,8H,5,7,10-11H2,1-2H3/t19-/m0/s1. The van der Waals surface area contributed by atoms with Crippen LogP contribution in [0.5, 0.6) is 0 Å². The van der Waals surface area contributed by atoms with Crippen molar-refractivity contribution in [3.8, 4) is 6.07 Å². The van der Waals surface area contributed by atoms with E-state index in [0.29, 0.717) is 36.6 Å². The van der Waals surface area contributed by atoms with Crippen LogP contribution >= 0.6 is 11.6 Å². The number of Topliss-reactive ketones (excluding diaryl/α,β-unsaturated/α-hetero) is 1. The fourth-order valence-electron chi connectivity index (χ4n) is 4.27. The van der Waals surface area contributed by atoms with Gasteiger partial charge in [-0.25, -0.2) is 9.50 Å². The lowest BCUT2D eigenvalue weighted by molar-refractivity contribution is -0.125. The molecule has 3 heterocycles. The summed E-state index contributed by atoms with van der Waals surface area (Å²) in [6, 6.07) is 5.45. The van der Waals surface area contributed by atoms with Crippen molar-refractivity contribution in [3.63, 3.8) is 0 Å². The number of pyridine rings is 1. The molecule has 0 N–H and O–H groups in total. The van der Waals surface area contributed by atoms with Crippen LogP contribution in [-0.2, 0) is 4.79 Å². The predicted molar refractivity (Wildman–Crippen MR) is 98.1 cm³/mol. The number of hydrogen-bond acceptors (Lipinski definition) is 5. The highest BCUT2D eigenvalue weighted by Gasteiger charge is 2.49. The molecule has 7 nitrogen and oxygen atoms in total. The molecular formula is C19H18ClN5O2. The first-order valence-corrected chi connectivity index (χ1v) is 9.10. The van der Waals surface area contributed by atoms with Crippen molar-refractivity contribution in [1.29, 1.82) is 5.26 Å². The van der Waals surface area contributed by atoms with E-state index >= 15 is 0 Å². The van der Waals surface area contributed by atoms with Gasteiger partial charge in [0.15, 0.2) is 11.4 Å². The first-order chi connectivity index (χ1) is 12.7. The van der Waals surface area contributed by atoms with E-state index in [0.717, 1.165) is 0 Å². The zero-order chi connectivity index (χ0) is 19.4. The van der Waals surface area contributed by atoms with Gasteiger partial charge in [-0.3, -0.25) is 9.59 Å². The Labute approximate surface area is 161 Å². The van der Waals surface area contributed by atoms with Crippen molar-refractivity contribution >= 4 is 28.9 Å². The van der Waals surface area contributed by atoms with Gasteiger partial charge in [-0.2, -0.15) is 5.26 Å². The number of amides is 1. The summed E-state index contributed by atoms with van der Waals surface area (Å²) in [4.78, 5) is 31.3. The van der Waals surface area contributed by atoms with E-state index in [4.69, 9.17) is 11.6 Å². The number of nitriles is 1. The molecule has 1 saturated heterocycles. The van der Waals surface area contributed by atoms with Crippen molar-refractivity contribution in [2.45, 2.75) is 26.7 Å². The number of fused-ring (bicyclic) bond motifs is 1. The van der Waals surface area contributed by atoms with Gasteiger partial charge in [-0.05, 0) is 25.0 Å². The SMILES string of the molecule is CC1(C)C[C@@]2(C=C(C#N)C1=O)CCN(C(=O)c1nc3c(Cl)cccn3n1)C2. The van der Waals surface area contributed by atoms with Gasteiger partial charge in [0.1, 0.15) is 6.07 Å². The molecule has 8 heteroatoms. The van der Waals surface area contributed by atoms with Gasteiger partial charge in [-0.1, -0.05) is 31.5 Å². The van der Waals surface area contributed by atoms with Crippen molar-refractivity contribution in [2.75, 3.05) is 13.1 Å². The van der Waals surface area contributed by atoms with E-state index in [2.05, 4.69) is 10.1 Å². The zero-order valence-corrected chi connectivity index (χ0v) is 15.8. The lowest BCUT2D eigenvalue weighted by Gasteiger charge is -2.38. The minimum atomic E-state index is -0.617. The van der Waals surface area contributed by atoms with Gasteiger partial charge in [0, 0.05) is 30.1 Å². The average molecular weight is 384 g/mol. The largest absolute Gasteiger partial charge is 0.335 e. The summed E-state index contributed by atoms with van der Waals surface area (Å²) >= 11 is 6.11. The minimum absolute atomic E-state index is 0.0933. The van der Waals surface area contributed by atoms with Crippen LogP contribution in [0.25, 0.3) is 5.65 Å². The Morgan fingerprint density at radius 2 is 2.19 bits per heavy atom. The second-order valence-electron chi connectivity index (χ2n) is 7.96. The Morgan fingerprint density at radius 3 is 2.89 bits per heavy atom. The van der Waals surface area contributed by atoms with E-state index in [1.54, 1.807) is 29.3 Å². The number of aromatic nitrogens is 3. The van der Waals surface area contributed by atoms with Crippen LogP contribution in [0.15, 0.2) is 30.0 Å². The Hall–Kier alpha value is -2.72. The molecule has 1 fully saturated rings. The topological polar surface area (TPSA) is 91.4 Å². The third kappa shape index (κ3) is 2.81. The smallest absolute Gasteiger partial charge is 0.293 e. The summed E-state index contributed by atoms with van der Waals surface area (Å²) < 4.78 is 1.48. The van der Waals surface area contributed by atoms with Crippen LogP contribution in [0.2, 0.25) is 5.02 Å². The van der Waals surface area contributed by atoms with Gasteiger partial charge in [-0.15, -0.1) is 5.10 Å². The van der Waals surface area contributed by atoms with Crippen molar-refractivity contribution < 1.29 is 9.59 Å². The zero-order valence-electron chi connectivity index (χ0n) is 15.1. The van der Waals surface area contributed by atoms with Gasteiger partial charge < -0.3 is 4.90 Å². The molecule has 0 bridgehead atoms.